The van der Waals surface area contributed by atoms with Gasteiger partial charge in [0, 0.05) is 12.6 Å². The first-order chi connectivity index (χ1) is 10.1. The standard InChI is InChI=1S/C15H24N4O2/c1-2-3-12-6-8-18(9-7-12)11-13-4-5-14(17-16)15(10-13)19(20)21/h4-5,10,12,17H,2-3,6-9,11,16H2,1H3. The van der Waals surface area contributed by atoms with Crippen LogP contribution in [0.15, 0.2) is 18.2 Å². The number of hydrogen-bond acceptors (Lipinski definition) is 5. The van der Waals surface area contributed by atoms with Crippen LogP contribution in [0, 0.1) is 16.0 Å². The van der Waals surface area contributed by atoms with E-state index in [0.29, 0.717) is 5.69 Å². The molecule has 0 aliphatic carbocycles. The summed E-state index contributed by atoms with van der Waals surface area (Å²) in [4.78, 5) is 13.0. The van der Waals surface area contributed by atoms with Gasteiger partial charge in [0.2, 0.25) is 0 Å². The number of nitrogens with one attached hydrogen (secondary N) is 1. The number of piperidine rings is 1. The zero-order valence-corrected chi connectivity index (χ0v) is 12.5. The average molecular weight is 292 g/mol. The number of hydrazine groups is 1. The Morgan fingerprint density at radius 2 is 2.14 bits per heavy atom. The highest BCUT2D eigenvalue weighted by atomic mass is 16.6. The monoisotopic (exact) mass is 292 g/mol. The van der Waals surface area contributed by atoms with E-state index >= 15 is 0 Å². The molecule has 0 bridgehead atoms. The quantitative estimate of drug-likeness (QED) is 0.478. The van der Waals surface area contributed by atoms with Gasteiger partial charge in [-0.2, -0.15) is 0 Å². The highest BCUT2D eigenvalue weighted by Gasteiger charge is 2.20. The Labute approximate surface area is 125 Å². The second-order valence-electron chi connectivity index (χ2n) is 5.76. The summed E-state index contributed by atoms with van der Waals surface area (Å²) in [6.45, 7) is 5.16. The van der Waals surface area contributed by atoms with Crippen molar-refractivity contribution in [2.24, 2.45) is 11.8 Å². The summed E-state index contributed by atoms with van der Waals surface area (Å²) in [5, 5.41) is 11.0. The van der Waals surface area contributed by atoms with Gasteiger partial charge in [-0.3, -0.25) is 20.9 Å². The maximum Gasteiger partial charge on any atom is 0.293 e. The number of likely N-dealkylation sites (tertiary alicyclic amines) is 1. The Morgan fingerprint density at radius 3 is 2.71 bits per heavy atom. The molecule has 0 saturated carbocycles. The summed E-state index contributed by atoms with van der Waals surface area (Å²) in [7, 11) is 0. The molecule has 0 amide bonds. The number of anilines is 1. The Morgan fingerprint density at radius 1 is 1.43 bits per heavy atom. The van der Waals surface area contributed by atoms with E-state index < -0.39 is 4.92 Å². The molecule has 1 aromatic carbocycles. The minimum Gasteiger partial charge on any atom is -0.318 e. The smallest absolute Gasteiger partial charge is 0.293 e. The van der Waals surface area contributed by atoms with Crippen LogP contribution in [0.25, 0.3) is 0 Å². The van der Waals surface area contributed by atoms with Crippen molar-refractivity contribution in [1.82, 2.24) is 4.90 Å². The van der Waals surface area contributed by atoms with E-state index in [2.05, 4.69) is 17.2 Å². The Kier molecular flexibility index (Phi) is 5.52. The summed E-state index contributed by atoms with van der Waals surface area (Å²) in [5.41, 5.74) is 3.73. The van der Waals surface area contributed by atoms with Crippen LogP contribution in [-0.4, -0.2) is 22.9 Å². The van der Waals surface area contributed by atoms with Crippen molar-refractivity contribution < 1.29 is 4.92 Å². The highest BCUT2D eigenvalue weighted by Crippen LogP contribution is 2.27. The van der Waals surface area contributed by atoms with Gasteiger partial charge in [-0.25, -0.2) is 0 Å². The molecule has 1 aliphatic rings. The van der Waals surface area contributed by atoms with Crippen LogP contribution in [-0.2, 0) is 6.54 Å². The van der Waals surface area contributed by atoms with E-state index in [-0.39, 0.29) is 5.69 Å². The Bertz CT molecular complexity index is 485. The van der Waals surface area contributed by atoms with Gasteiger partial charge in [0.15, 0.2) is 0 Å². The lowest BCUT2D eigenvalue weighted by atomic mass is 9.92. The first kappa shape index (κ1) is 15.7. The molecule has 0 spiro atoms. The molecule has 1 fully saturated rings. The first-order valence-corrected chi connectivity index (χ1v) is 7.60. The third kappa shape index (κ3) is 4.15. The second kappa shape index (κ2) is 7.38. The minimum absolute atomic E-state index is 0.0378. The normalized spacial score (nSPS) is 16.9. The number of nitrogen functional groups attached to an aromatic ring is 1. The summed E-state index contributed by atoms with van der Waals surface area (Å²) >= 11 is 0. The fraction of sp³-hybridized carbons (Fsp3) is 0.600. The summed E-state index contributed by atoms with van der Waals surface area (Å²) in [6, 6.07) is 5.20. The fourth-order valence-corrected chi connectivity index (χ4v) is 3.05. The van der Waals surface area contributed by atoms with Crippen molar-refractivity contribution in [3.63, 3.8) is 0 Å². The van der Waals surface area contributed by atoms with E-state index in [1.165, 1.54) is 25.7 Å². The number of nitrogens with two attached hydrogens (primary N) is 1. The number of benzene rings is 1. The SMILES string of the molecule is CCCC1CCN(Cc2ccc(NN)c([N+](=O)[O-])c2)CC1. The maximum atomic E-state index is 11.0. The third-order valence-electron chi connectivity index (χ3n) is 4.22. The van der Waals surface area contributed by atoms with E-state index in [4.69, 9.17) is 5.84 Å². The molecule has 0 radical (unpaired) electrons. The molecule has 1 heterocycles. The van der Waals surface area contributed by atoms with Gasteiger partial charge in [0.1, 0.15) is 5.69 Å². The van der Waals surface area contributed by atoms with Crippen molar-refractivity contribution in [2.75, 3.05) is 18.5 Å². The van der Waals surface area contributed by atoms with Gasteiger partial charge in [0.25, 0.3) is 5.69 Å². The molecule has 0 aromatic heterocycles. The van der Waals surface area contributed by atoms with E-state index in [1.54, 1.807) is 12.1 Å². The first-order valence-electron chi connectivity index (χ1n) is 7.60. The lowest BCUT2D eigenvalue weighted by molar-refractivity contribution is -0.384. The fourth-order valence-electron chi connectivity index (χ4n) is 3.05. The maximum absolute atomic E-state index is 11.0. The summed E-state index contributed by atoms with van der Waals surface area (Å²) in [6.07, 6.45) is 5.04. The summed E-state index contributed by atoms with van der Waals surface area (Å²) in [5.74, 6) is 6.15. The largest absolute Gasteiger partial charge is 0.318 e. The van der Waals surface area contributed by atoms with Crippen LogP contribution in [0.5, 0.6) is 0 Å². The summed E-state index contributed by atoms with van der Waals surface area (Å²) < 4.78 is 0. The van der Waals surface area contributed by atoms with Crippen LogP contribution in [0.4, 0.5) is 11.4 Å². The molecule has 2 rings (SSSR count). The van der Waals surface area contributed by atoms with E-state index in [9.17, 15) is 10.1 Å². The Balaban J connectivity index is 1.97. The zero-order chi connectivity index (χ0) is 15.2. The van der Waals surface area contributed by atoms with Crippen molar-refractivity contribution in [1.29, 1.82) is 0 Å². The zero-order valence-electron chi connectivity index (χ0n) is 12.5. The van der Waals surface area contributed by atoms with Crippen LogP contribution in [0.2, 0.25) is 0 Å². The van der Waals surface area contributed by atoms with Gasteiger partial charge >= 0.3 is 0 Å². The Hall–Kier alpha value is -1.66. The van der Waals surface area contributed by atoms with E-state index in [1.807, 2.05) is 6.07 Å². The molecule has 116 valence electrons. The molecule has 1 saturated heterocycles. The van der Waals surface area contributed by atoms with Gasteiger partial charge in [-0.15, -0.1) is 0 Å². The van der Waals surface area contributed by atoms with E-state index in [0.717, 1.165) is 31.1 Å². The van der Waals surface area contributed by atoms with Gasteiger partial charge in [-0.05, 0) is 43.5 Å². The molecule has 3 N–H and O–H groups in total. The molecule has 1 aliphatic heterocycles. The van der Waals surface area contributed by atoms with Crippen LogP contribution in [0.3, 0.4) is 0 Å². The highest BCUT2D eigenvalue weighted by molar-refractivity contribution is 5.61. The van der Waals surface area contributed by atoms with Crippen molar-refractivity contribution in [3.05, 3.63) is 33.9 Å². The number of rotatable bonds is 6. The lowest BCUT2D eigenvalue weighted by Gasteiger charge is -2.31. The van der Waals surface area contributed by atoms with Crippen LogP contribution >= 0.6 is 0 Å². The van der Waals surface area contributed by atoms with Crippen molar-refractivity contribution >= 4 is 11.4 Å². The van der Waals surface area contributed by atoms with Crippen LogP contribution < -0.4 is 11.3 Å². The predicted octanol–water partition coefficient (Wildman–Crippen LogP) is 2.89. The molecule has 1 aromatic rings. The molecule has 6 nitrogen and oxygen atoms in total. The van der Waals surface area contributed by atoms with Crippen LogP contribution in [0.1, 0.15) is 38.2 Å². The number of hydrogen-bond donors (Lipinski definition) is 2. The molecule has 21 heavy (non-hydrogen) atoms. The van der Waals surface area contributed by atoms with Gasteiger partial charge in [-0.1, -0.05) is 25.8 Å². The third-order valence-corrected chi connectivity index (χ3v) is 4.22. The molecular formula is C15H24N4O2. The molecular weight excluding hydrogens is 268 g/mol. The van der Waals surface area contributed by atoms with Gasteiger partial charge < -0.3 is 5.43 Å². The van der Waals surface area contributed by atoms with Crippen molar-refractivity contribution in [2.45, 2.75) is 39.2 Å². The predicted molar refractivity (Wildman–Crippen MR) is 83.8 cm³/mol. The van der Waals surface area contributed by atoms with Crippen molar-refractivity contribution in [3.8, 4) is 0 Å². The molecule has 0 atom stereocenters. The van der Waals surface area contributed by atoms with Gasteiger partial charge in [0.05, 0.1) is 4.92 Å². The average Bonchev–Trinajstić information content (AvgIpc) is 2.49. The topological polar surface area (TPSA) is 84.4 Å². The number of nitrogens with zero attached hydrogens (tertiary/aromatic N) is 2. The molecule has 0 unspecified atom stereocenters. The molecule has 6 heteroatoms. The second-order valence-corrected chi connectivity index (χ2v) is 5.76. The number of nitro groups is 1. The number of nitro benzene ring substituents is 1. The minimum atomic E-state index is -0.397. The lowest BCUT2D eigenvalue weighted by Crippen LogP contribution is -2.33.